The first-order valence-corrected chi connectivity index (χ1v) is 26.3. The number of fused-ring (bicyclic) bond motifs is 1. The van der Waals surface area contributed by atoms with Gasteiger partial charge in [0.25, 0.3) is 0 Å². The van der Waals surface area contributed by atoms with Crippen molar-refractivity contribution in [2.45, 2.75) is 95.6 Å². The fourth-order valence-corrected chi connectivity index (χ4v) is 11.1. The van der Waals surface area contributed by atoms with Crippen LogP contribution in [0.2, 0.25) is 18.1 Å². The molecule has 1 saturated carbocycles. The molecule has 1 aromatic heterocycles. The first kappa shape index (κ1) is 46.9. The number of H-pyrrole nitrogens is 1. The molecule has 2 fully saturated rings. The predicted molar refractivity (Wildman–Crippen MR) is 260 cm³/mol. The number of carbonyl (C=O) groups is 2. The highest BCUT2D eigenvalue weighted by atomic mass is 28.4. The molecule has 0 spiro atoms. The highest BCUT2D eigenvalue weighted by Crippen LogP contribution is 2.44. The lowest BCUT2D eigenvalue weighted by Crippen LogP contribution is -2.49. The Labute approximate surface area is 380 Å². The fraction of sp³-hybridized carbons (Fsp3) is 0.453. The van der Waals surface area contributed by atoms with Crippen LogP contribution in [0, 0.1) is 17.8 Å². The molecule has 1 aliphatic heterocycles. The summed E-state index contributed by atoms with van der Waals surface area (Å²) in [6, 6.07) is 37.4. The number of hydrogen-bond donors (Lipinski definition) is 4. The molecule has 5 N–H and O–H groups in total. The number of amides is 2. The lowest BCUT2D eigenvalue weighted by Gasteiger charge is -2.40. The van der Waals surface area contributed by atoms with Crippen molar-refractivity contribution in [2.75, 3.05) is 39.3 Å². The van der Waals surface area contributed by atoms with Crippen LogP contribution in [-0.4, -0.2) is 69.3 Å². The number of hydrogen-bond acceptors (Lipinski definition) is 7. The Morgan fingerprint density at radius 2 is 1.48 bits per heavy atom. The largest absolute Gasteiger partial charge is 0.487 e. The maximum atomic E-state index is 13.5. The van der Waals surface area contributed by atoms with Crippen LogP contribution >= 0.6 is 0 Å². The summed E-state index contributed by atoms with van der Waals surface area (Å²) >= 11 is 0. The van der Waals surface area contributed by atoms with Crippen LogP contribution in [0.4, 0.5) is 0 Å². The molecular weight excluding hydrogens is 815 g/mol. The van der Waals surface area contributed by atoms with Crippen LogP contribution in [0.25, 0.3) is 10.9 Å². The molecule has 2 aliphatic rings. The number of likely N-dealkylation sites (tertiary alicyclic amines) is 1. The molecule has 4 aromatic carbocycles. The van der Waals surface area contributed by atoms with Crippen molar-refractivity contribution in [2.24, 2.45) is 23.5 Å². The maximum Gasteiger partial charge on any atom is 0.248 e. The Morgan fingerprint density at radius 3 is 2.12 bits per heavy atom. The van der Waals surface area contributed by atoms with Gasteiger partial charge in [-0.1, -0.05) is 124 Å². The third-order valence-electron chi connectivity index (χ3n) is 14.3. The van der Waals surface area contributed by atoms with Crippen molar-refractivity contribution in [3.05, 3.63) is 148 Å². The van der Waals surface area contributed by atoms with Gasteiger partial charge in [0.15, 0.2) is 8.32 Å². The molecule has 10 nitrogen and oxygen atoms in total. The zero-order chi connectivity index (χ0) is 45.3. The van der Waals surface area contributed by atoms with Gasteiger partial charge in [-0.2, -0.15) is 0 Å². The molecule has 5 aromatic rings. The van der Waals surface area contributed by atoms with Crippen molar-refractivity contribution < 1.29 is 18.8 Å². The van der Waals surface area contributed by atoms with Gasteiger partial charge in [0.2, 0.25) is 17.4 Å². The average molecular weight is 884 g/mol. The normalized spacial score (nSPS) is 19.0. The van der Waals surface area contributed by atoms with E-state index in [0.717, 1.165) is 72.8 Å². The van der Waals surface area contributed by atoms with Crippen molar-refractivity contribution in [1.82, 2.24) is 20.5 Å². The monoisotopic (exact) mass is 884 g/mol. The fourth-order valence-electron chi connectivity index (χ4n) is 9.84. The number of pyridine rings is 1. The van der Waals surface area contributed by atoms with Crippen LogP contribution < -0.4 is 26.7 Å². The van der Waals surface area contributed by atoms with Crippen molar-refractivity contribution in [3.8, 4) is 5.75 Å². The molecule has 7 rings (SSSR count). The summed E-state index contributed by atoms with van der Waals surface area (Å²) in [5, 5.41) is 8.02. The van der Waals surface area contributed by atoms with Gasteiger partial charge in [-0.15, -0.1) is 0 Å². The summed E-state index contributed by atoms with van der Waals surface area (Å²) in [7, 11) is -2.21. The number of ether oxygens (including phenoxy) is 1. The van der Waals surface area contributed by atoms with Crippen molar-refractivity contribution in [1.29, 1.82) is 0 Å². The molecule has 4 unspecified atom stereocenters. The summed E-state index contributed by atoms with van der Waals surface area (Å²) in [5.74, 6) is 1.29. The maximum absolute atomic E-state index is 13.5. The highest BCUT2D eigenvalue weighted by molar-refractivity contribution is 6.74. The van der Waals surface area contributed by atoms with Gasteiger partial charge in [0.05, 0.1) is 11.6 Å². The van der Waals surface area contributed by atoms with Gasteiger partial charge in [-0.3, -0.25) is 14.4 Å². The van der Waals surface area contributed by atoms with Gasteiger partial charge < -0.3 is 35.4 Å². The smallest absolute Gasteiger partial charge is 0.248 e. The first-order chi connectivity index (χ1) is 30.7. The van der Waals surface area contributed by atoms with E-state index in [1.165, 1.54) is 0 Å². The van der Waals surface area contributed by atoms with E-state index < -0.39 is 13.7 Å². The van der Waals surface area contributed by atoms with E-state index in [4.69, 9.17) is 14.9 Å². The average Bonchev–Trinajstić information content (AvgIpc) is 3.76. The second-order valence-electron chi connectivity index (χ2n) is 19.7. The number of nitrogens with two attached hydrogens (primary N) is 1. The molecule has 2 amide bonds. The highest BCUT2D eigenvalue weighted by Gasteiger charge is 2.49. The lowest BCUT2D eigenvalue weighted by molar-refractivity contribution is -0.124. The summed E-state index contributed by atoms with van der Waals surface area (Å²) in [4.78, 5) is 44.8. The van der Waals surface area contributed by atoms with E-state index in [1.54, 1.807) is 6.07 Å². The lowest BCUT2D eigenvalue weighted by atomic mass is 9.64. The molecule has 0 bridgehead atoms. The zero-order valence-corrected chi connectivity index (χ0v) is 39.5. The molecule has 1 aliphatic carbocycles. The number of nitrogens with zero attached hydrogens (tertiary/aromatic N) is 1. The van der Waals surface area contributed by atoms with Gasteiger partial charge >= 0.3 is 0 Å². The molecule has 11 heteroatoms. The topological polar surface area (TPSA) is 139 Å². The van der Waals surface area contributed by atoms with E-state index in [0.29, 0.717) is 62.3 Å². The molecule has 4 atom stereocenters. The summed E-state index contributed by atoms with van der Waals surface area (Å²) in [6.45, 7) is 16.1. The molecule has 64 heavy (non-hydrogen) atoms. The van der Waals surface area contributed by atoms with Gasteiger partial charge in [-0.05, 0) is 109 Å². The van der Waals surface area contributed by atoms with E-state index in [1.807, 2.05) is 103 Å². The van der Waals surface area contributed by atoms with E-state index in [-0.39, 0.29) is 34.4 Å². The third-order valence-corrected chi connectivity index (χ3v) is 18.8. The number of aromatic amines is 1. The van der Waals surface area contributed by atoms with E-state index >= 15 is 0 Å². The summed E-state index contributed by atoms with van der Waals surface area (Å²) in [5.41, 5.74) is 9.80. The predicted octanol–water partition coefficient (Wildman–Crippen LogP) is 8.87. The minimum Gasteiger partial charge on any atom is -0.487 e. The number of aromatic nitrogens is 1. The van der Waals surface area contributed by atoms with Crippen LogP contribution in [0.3, 0.4) is 0 Å². The van der Waals surface area contributed by atoms with Crippen LogP contribution in [0.5, 0.6) is 5.75 Å². The first-order valence-electron chi connectivity index (χ1n) is 23.4. The van der Waals surface area contributed by atoms with Crippen LogP contribution in [-0.2, 0) is 26.0 Å². The Bertz CT molecular complexity index is 2330. The third kappa shape index (κ3) is 11.1. The number of primary amides is 1. The number of rotatable bonds is 19. The van der Waals surface area contributed by atoms with Crippen molar-refractivity contribution >= 4 is 31.0 Å². The van der Waals surface area contributed by atoms with Gasteiger partial charge in [0, 0.05) is 44.1 Å². The molecule has 1 saturated heterocycles. The van der Waals surface area contributed by atoms with Gasteiger partial charge in [0.1, 0.15) is 17.8 Å². The Kier molecular flexibility index (Phi) is 15.3. The zero-order valence-electron chi connectivity index (χ0n) is 38.5. The Balaban J connectivity index is 0.935. The standard InChI is InChI=1S/C53H69N5O5Si/c1-52(2,3)64(4,5)63-47(44-24-26-46(50-45(44)25-27-49(60)57-50)62-37-38-16-9-6-10-17-38)35-55-33-39-18-15-19-40(32-39)34-56-48(59)29-31-58-30-28-43(36-58)53(51(54)61,41-20-11-7-12-21-41)42-22-13-8-14-23-42/h6-14,16-17,20-27,39-40,43,47,55H,15,18-19,28-37H2,1-5H3,(H2,54,61)(H,56,59)(H,57,60). The minimum atomic E-state index is -2.21. The number of carbonyl (C=O) groups excluding carboxylic acids is 2. The van der Waals surface area contributed by atoms with Crippen molar-refractivity contribution in [3.63, 3.8) is 0 Å². The quantitative estimate of drug-likeness (QED) is 0.0608. The van der Waals surface area contributed by atoms with E-state index in [9.17, 15) is 14.4 Å². The number of nitrogens with one attached hydrogen (secondary N) is 3. The molecule has 2 heterocycles. The van der Waals surface area contributed by atoms with Crippen LogP contribution in [0.15, 0.2) is 120 Å². The molecule has 0 radical (unpaired) electrons. The number of benzene rings is 4. The molecule has 340 valence electrons. The molecular formula is C53H69N5O5Si. The second-order valence-corrected chi connectivity index (χ2v) is 24.5. The SMILES string of the molecule is CC(C)(C)[Si](C)(C)OC(CNCC1CCCC(CNC(=O)CCN2CCC(C(C(N)=O)(c3ccccc3)c3ccccc3)C2)C1)c1ccc(OCc2ccccc2)c2[nH]c(=O)ccc12. The van der Waals surface area contributed by atoms with Gasteiger partial charge in [-0.25, -0.2) is 0 Å². The second kappa shape index (κ2) is 20.8. The van der Waals surface area contributed by atoms with Crippen LogP contribution in [0.1, 0.15) is 87.7 Å². The summed E-state index contributed by atoms with van der Waals surface area (Å²) < 4.78 is 13.5. The summed E-state index contributed by atoms with van der Waals surface area (Å²) in [6.07, 6.45) is 5.47. The Morgan fingerprint density at radius 1 is 0.844 bits per heavy atom. The van der Waals surface area contributed by atoms with E-state index in [2.05, 4.69) is 60.4 Å². The minimum absolute atomic E-state index is 0.00488. The Hall–Kier alpha value is -5.07.